The molecule has 0 aliphatic carbocycles. The molecule has 1 aliphatic heterocycles. The fourth-order valence-electron chi connectivity index (χ4n) is 4.88. The van der Waals surface area contributed by atoms with Gasteiger partial charge in [0.25, 0.3) is 5.91 Å². The van der Waals surface area contributed by atoms with Crippen LogP contribution in [0.2, 0.25) is 0 Å². The van der Waals surface area contributed by atoms with Crippen LogP contribution in [0.15, 0.2) is 82.5 Å². The molecule has 0 N–H and O–H groups in total. The Morgan fingerprint density at radius 1 is 0.974 bits per heavy atom. The van der Waals surface area contributed by atoms with Crippen molar-refractivity contribution in [2.75, 3.05) is 27.4 Å². The van der Waals surface area contributed by atoms with Crippen LogP contribution in [0.4, 0.5) is 0 Å². The zero-order valence-corrected chi connectivity index (χ0v) is 21.7. The SMILES string of the molecule is C=CCOc1ccc(C2c3c(oc4ccc(C)cc4c3=O)C(=O)N2CCc2ccc(OC)cc2)cc1OC. The van der Waals surface area contributed by atoms with Crippen LogP contribution >= 0.6 is 0 Å². The first-order chi connectivity index (χ1) is 18.4. The van der Waals surface area contributed by atoms with Gasteiger partial charge in [0.05, 0.1) is 31.2 Å². The lowest BCUT2D eigenvalue weighted by atomic mass is 9.97. The minimum absolute atomic E-state index is 0.0806. The predicted octanol–water partition coefficient (Wildman–Crippen LogP) is 5.47. The largest absolute Gasteiger partial charge is 0.497 e. The summed E-state index contributed by atoms with van der Waals surface area (Å²) < 4.78 is 22.6. The van der Waals surface area contributed by atoms with Gasteiger partial charge in [0.15, 0.2) is 16.9 Å². The molecule has 7 heteroatoms. The second kappa shape index (κ2) is 10.5. The van der Waals surface area contributed by atoms with Crippen LogP contribution in [0.25, 0.3) is 11.0 Å². The van der Waals surface area contributed by atoms with E-state index >= 15 is 0 Å². The van der Waals surface area contributed by atoms with Crippen LogP contribution in [0, 0.1) is 6.92 Å². The third-order valence-electron chi connectivity index (χ3n) is 6.78. The van der Waals surface area contributed by atoms with E-state index in [9.17, 15) is 9.59 Å². The van der Waals surface area contributed by atoms with Gasteiger partial charge >= 0.3 is 0 Å². The van der Waals surface area contributed by atoms with E-state index in [2.05, 4.69) is 6.58 Å². The third kappa shape index (κ3) is 4.52. The smallest absolute Gasteiger partial charge is 0.290 e. The van der Waals surface area contributed by atoms with Gasteiger partial charge in [-0.2, -0.15) is 0 Å². The average Bonchev–Trinajstić information content (AvgIpc) is 3.22. The van der Waals surface area contributed by atoms with E-state index in [1.54, 1.807) is 43.4 Å². The zero-order chi connectivity index (χ0) is 26.8. The molecule has 1 aliphatic rings. The monoisotopic (exact) mass is 511 g/mol. The van der Waals surface area contributed by atoms with Crippen molar-refractivity contribution >= 4 is 16.9 Å². The summed E-state index contributed by atoms with van der Waals surface area (Å²) in [5.74, 6) is 1.58. The van der Waals surface area contributed by atoms with Crippen LogP contribution in [0.3, 0.4) is 0 Å². The minimum Gasteiger partial charge on any atom is -0.497 e. The highest BCUT2D eigenvalue weighted by molar-refractivity contribution is 5.99. The number of ether oxygens (including phenoxy) is 3. The van der Waals surface area contributed by atoms with Gasteiger partial charge in [-0.1, -0.05) is 42.5 Å². The molecule has 0 saturated heterocycles. The van der Waals surface area contributed by atoms with Gasteiger partial charge in [-0.3, -0.25) is 9.59 Å². The Balaban J connectivity index is 1.61. The number of carbonyl (C=O) groups excluding carboxylic acids is 1. The molecule has 7 nitrogen and oxygen atoms in total. The maximum atomic E-state index is 13.8. The quantitative estimate of drug-likeness (QED) is 0.277. The Morgan fingerprint density at radius 3 is 2.47 bits per heavy atom. The van der Waals surface area contributed by atoms with E-state index < -0.39 is 6.04 Å². The molecule has 194 valence electrons. The number of benzene rings is 3. The number of rotatable bonds is 9. The van der Waals surface area contributed by atoms with Crippen molar-refractivity contribution in [1.82, 2.24) is 4.90 Å². The summed E-state index contributed by atoms with van der Waals surface area (Å²) in [6.45, 7) is 6.31. The highest BCUT2D eigenvalue weighted by Gasteiger charge is 2.42. The lowest BCUT2D eigenvalue weighted by molar-refractivity contribution is 0.0730. The van der Waals surface area contributed by atoms with Crippen molar-refractivity contribution in [3.05, 3.63) is 112 Å². The van der Waals surface area contributed by atoms with Crippen LogP contribution < -0.4 is 19.6 Å². The summed E-state index contributed by atoms with van der Waals surface area (Å²) in [4.78, 5) is 29.3. The third-order valence-corrected chi connectivity index (χ3v) is 6.78. The molecule has 38 heavy (non-hydrogen) atoms. The van der Waals surface area contributed by atoms with Crippen molar-refractivity contribution in [2.24, 2.45) is 0 Å². The Labute approximate surface area is 220 Å². The Bertz CT molecular complexity index is 1570. The second-order valence-corrected chi connectivity index (χ2v) is 9.18. The molecule has 1 atom stereocenters. The lowest BCUT2D eigenvalue weighted by Gasteiger charge is -2.26. The summed E-state index contributed by atoms with van der Waals surface area (Å²) in [6, 6.07) is 17.9. The fourth-order valence-corrected chi connectivity index (χ4v) is 4.88. The van der Waals surface area contributed by atoms with E-state index in [1.807, 2.05) is 49.4 Å². The first-order valence-electron chi connectivity index (χ1n) is 12.4. The van der Waals surface area contributed by atoms with Crippen molar-refractivity contribution in [3.63, 3.8) is 0 Å². The molecule has 5 rings (SSSR count). The first-order valence-corrected chi connectivity index (χ1v) is 12.4. The molecule has 0 bridgehead atoms. The molecule has 1 unspecified atom stereocenters. The molecule has 1 amide bonds. The van der Waals surface area contributed by atoms with Crippen molar-refractivity contribution < 1.29 is 23.4 Å². The minimum atomic E-state index is -0.640. The molecule has 2 heterocycles. The summed E-state index contributed by atoms with van der Waals surface area (Å²) in [5.41, 5.74) is 3.24. The predicted molar refractivity (Wildman–Crippen MR) is 145 cm³/mol. The van der Waals surface area contributed by atoms with E-state index in [4.69, 9.17) is 18.6 Å². The Kier molecular flexibility index (Phi) is 6.92. The van der Waals surface area contributed by atoms with E-state index in [1.165, 1.54) is 0 Å². The summed E-state index contributed by atoms with van der Waals surface area (Å²) >= 11 is 0. The Hall–Kier alpha value is -4.52. The lowest BCUT2D eigenvalue weighted by Crippen LogP contribution is -2.31. The summed E-state index contributed by atoms with van der Waals surface area (Å²) in [6.07, 6.45) is 2.24. The summed E-state index contributed by atoms with van der Waals surface area (Å²) in [7, 11) is 3.18. The normalized spacial score (nSPS) is 14.4. The second-order valence-electron chi connectivity index (χ2n) is 9.18. The maximum absolute atomic E-state index is 13.8. The maximum Gasteiger partial charge on any atom is 0.290 e. The number of fused-ring (bicyclic) bond motifs is 2. The molecular weight excluding hydrogens is 482 g/mol. The topological polar surface area (TPSA) is 78.2 Å². The fraction of sp³-hybridized carbons (Fsp3) is 0.226. The van der Waals surface area contributed by atoms with E-state index in [-0.39, 0.29) is 17.1 Å². The number of methoxy groups -OCH3 is 2. The number of nitrogens with zero attached hydrogens (tertiary/aromatic N) is 1. The van der Waals surface area contributed by atoms with E-state index in [0.29, 0.717) is 47.6 Å². The van der Waals surface area contributed by atoms with Crippen LogP contribution in [-0.4, -0.2) is 38.2 Å². The van der Waals surface area contributed by atoms with Crippen molar-refractivity contribution in [3.8, 4) is 17.2 Å². The van der Waals surface area contributed by atoms with Crippen LogP contribution in [-0.2, 0) is 6.42 Å². The van der Waals surface area contributed by atoms with Crippen LogP contribution in [0.5, 0.6) is 17.2 Å². The van der Waals surface area contributed by atoms with Gasteiger partial charge in [-0.05, 0) is 60.9 Å². The molecule has 4 aromatic rings. The highest BCUT2D eigenvalue weighted by atomic mass is 16.5. The molecule has 0 radical (unpaired) electrons. The molecule has 0 spiro atoms. The van der Waals surface area contributed by atoms with Gasteiger partial charge in [0.2, 0.25) is 5.76 Å². The number of hydrogen-bond donors (Lipinski definition) is 0. The first kappa shape index (κ1) is 25.1. The highest BCUT2D eigenvalue weighted by Crippen LogP contribution is 2.41. The molecule has 0 fully saturated rings. The standard InChI is InChI=1S/C31H29NO6/c1-5-16-37-25-13-9-21(18-26(25)36-4)28-27-29(33)23-17-19(2)6-12-24(23)38-30(27)31(34)32(28)15-14-20-7-10-22(35-3)11-8-20/h5-13,17-18,28H,1,14-16H2,2-4H3. The van der Waals surface area contributed by atoms with Crippen LogP contribution in [0.1, 0.15) is 38.9 Å². The van der Waals surface area contributed by atoms with Gasteiger partial charge < -0.3 is 23.5 Å². The van der Waals surface area contributed by atoms with E-state index in [0.717, 1.165) is 22.4 Å². The van der Waals surface area contributed by atoms with Gasteiger partial charge in [-0.25, -0.2) is 0 Å². The van der Waals surface area contributed by atoms with Crippen molar-refractivity contribution in [2.45, 2.75) is 19.4 Å². The number of amides is 1. The molecule has 0 saturated carbocycles. The Morgan fingerprint density at radius 2 is 1.76 bits per heavy atom. The zero-order valence-electron chi connectivity index (χ0n) is 21.7. The summed E-state index contributed by atoms with van der Waals surface area (Å²) in [5, 5.41) is 0.455. The van der Waals surface area contributed by atoms with Crippen molar-refractivity contribution in [1.29, 1.82) is 0 Å². The number of hydrogen-bond acceptors (Lipinski definition) is 6. The molecule has 3 aromatic carbocycles. The average molecular weight is 512 g/mol. The molecule has 1 aromatic heterocycles. The molecular formula is C31H29NO6. The number of carbonyl (C=O) groups is 1. The van der Waals surface area contributed by atoms with Gasteiger partial charge in [-0.15, -0.1) is 0 Å². The van der Waals surface area contributed by atoms with Gasteiger partial charge in [0, 0.05) is 6.54 Å². The number of aryl methyl sites for hydroxylation is 1. The van der Waals surface area contributed by atoms with Gasteiger partial charge in [0.1, 0.15) is 17.9 Å².